The molecule has 2 aromatic rings. The van der Waals surface area contributed by atoms with Crippen molar-refractivity contribution in [2.45, 2.75) is 13.5 Å². The first-order chi connectivity index (χ1) is 11.1. The Morgan fingerprint density at radius 3 is 2.43 bits per heavy atom. The molecule has 122 valence electrons. The van der Waals surface area contributed by atoms with Crippen LogP contribution in [0.15, 0.2) is 41.4 Å². The molecule has 3 rings (SSSR count). The van der Waals surface area contributed by atoms with Crippen molar-refractivity contribution in [2.24, 2.45) is 10.7 Å². The van der Waals surface area contributed by atoms with E-state index in [0.29, 0.717) is 12.5 Å². The van der Waals surface area contributed by atoms with Crippen LogP contribution in [0.25, 0.3) is 0 Å². The maximum absolute atomic E-state index is 13.0. The number of nitrogens with zero attached hydrogens (tertiary/aromatic N) is 3. The minimum absolute atomic E-state index is 0.201. The highest BCUT2D eigenvalue weighted by molar-refractivity contribution is 7.11. The van der Waals surface area contributed by atoms with Crippen molar-refractivity contribution in [3.05, 3.63) is 52.0 Å². The lowest BCUT2D eigenvalue weighted by Crippen LogP contribution is -2.51. The number of guanidine groups is 1. The third kappa shape index (κ3) is 4.01. The van der Waals surface area contributed by atoms with Crippen LogP contribution < -0.4 is 10.6 Å². The Labute approximate surface area is 140 Å². The fourth-order valence-corrected chi connectivity index (χ4v) is 3.49. The highest BCUT2D eigenvalue weighted by atomic mass is 32.1. The second-order valence-corrected chi connectivity index (χ2v) is 7.01. The summed E-state index contributed by atoms with van der Waals surface area (Å²) in [6.45, 7) is 6.12. The normalized spacial score (nSPS) is 16.0. The summed E-state index contributed by atoms with van der Waals surface area (Å²) in [7, 11) is 0. The molecule has 23 heavy (non-hydrogen) atoms. The van der Waals surface area contributed by atoms with E-state index in [2.05, 4.69) is 33.8 Å². The van der Waals surface area contributed by atoms with E-state index in [1.54, 1.807) is 11.3 Å². The van der Waals surface area contributed by atoms with Gasteiger partial charge in [0.2, 0.25) is 0 Å². The first kappa shape index (κ1) is 15.8. The molecule has 1 aromatic heterocycles. The number of hydrogen-bond acceptors (Lipinski definition) is 3. The lowest BCUT2D eigenvalue weighted by Gasteiger charge is -2.36. The fraction of sp³-hybridized carbons (Fsp3) is 0.353. The van der Waals surface area contributed by atoms with Crippen molar-refractivity contribution < 1.29 is 4.39 Å². The van der Waals surface area contributed by atoms with Crippen LogP contribution in [0, 0.1) is 12.7 Å². The van der Waals surface area contributed by atoms with Crippen LogP contribution in [0.4, 0.5) is 10.1 Å². The number of anilines is 1. The van der Waals surface area contributed by atoms with Gasteiger partial charge in [0.15, 0.2) is 5.96 Å². The number of hydrogen-bond donors (Lipinski definition) is 1. The smallest absolute Gasteiger partial charge is 0.191 e. The molecule has 0 unspecified atom stereocenters. The maximum Gasteiger partial charge on any atom is 0.191 e. The quantitative estimate of drug-likeness (QED) is 0.694. The molecule has 0 saturated carbocycles. The molecule has 0 radical (unpaired) electrons. The Hall–Kier alpha value is -2.08. The van der Waals surface area contributed by atoms with Gasteiger partial charge in [0.1, 0.15) is 5.82 Å². The predicted molar refractivity (Wildman–Crippen MR) is 94.6 cm³/mol. The largest absolute Gasteiger partial charge is 0.370 e. The number of piperazine rings is 1. The zero-order chi connectivity index (χ0) is 16.2. The van der Waals surface area contributed by atoms with Crippen LogP contribution >= 0.6 is 11.3 Å². The average molecular weight is 332 g/mol. The first-order valence-corrected chi connectivity index (χ1v) is 8.54. The van der Waals surface area contributed by atoms with Crippen molar-refractivity contribution in [1.29, 1.82) is 0 Å². The van der Waals surface area contributed by atoms with Gasteiger partial charge in [-0.2, -0.15) is 0 Å². The number of nitrogens with two attached hydrogens (primary N) is 1. The van der Waals surface area contributed by atoms with E-state index >= 15 is 0 Å². The Kier molecular flexibility index (Phi) is 4.81. The lowest BCUT2D eigenvalue weighted by molar-refractivity contribution is 0.380. The zero-order valence-electron chi connectivity index (χ0n) is 13.2. The van der Waals surface area contributed by atoms with Crippen LogP contribution in [0.1, 0.15) is 9.75 Å². The molecule has 1 aromatic carbocycles. The molecule has 1 aliphatic heterocycles. The van der Waals surface area contributed by atoms with Gasteiger partial charge in [-0.1, -0.05) is 0 Å². The Morgan fingerprint density at radius 2 is 1.83 bits per heavy atom. The molecule has 0 aliphatic carbocycles. The van der Waals surface area contributed by atoms with Crippen LogP contribution in [0.2, 0.25) is 0 Å². The van der Waals surface area contributed by atoms with Crippen molar-refractivity contribution in [3.8, 4) is 0 Å². The average Bonchev–Trinajstić information content (AvgIpc) is 2.99. The Morgan fingerprint density at radius 1 is 1.13 bits per heavy atom. The van der Waals surface area contributed by atoms with Gasteiger partial charge in [-0.05, 0) is 43.3 Å². The second kappa shape index (κ2) is 7.00. The van der Waals surface area contributed by atoms with Crippen molar-refractivity contribution in [1.82, 2.24) is 4.90 Å². The molecule has 0 atom stereocenters. The molecular formula is C17H21FN4S. The minimum atomic E-state index is -0.201. The second-order valence-electron chi connectivity index (χ2n) is 5.64. The Balaban J connectivity index is 1.54. The van der Waals surface area contributed by atoms with Gasteiger partial charge >= 0.3 is 0 Å². The van der Waals surface area contributed by atoms with E-state index in [1.165, 1.54) is 21.9 Å². The van der Waals surface area contributed by atoms with Gasteiger partial charge < -0.3 is 15.5 Å². The van der Waals surface area contributed by atoms with Crippen LogP contribution in [-0.4, -0.2) is 37.0 Å². The molecule has 1 saturated heterocycles. The van der Waals surface area contributed by atoms with Crippen LogP contribution in [0.3, 0.4) is 0 Å². The van der Waals surface area contributed by atoms with Gasteiger partial charge in [-0.25, -0.2) is 9.38 Å². The van der Waals surface area contributed by atoms with Crippen molar-refractivity contribution in [3.63, 3.8) is 0 Å². The van der Waals surface area contributed by atoms with Crippen LogP contribution in [0.5, 0.6) is 0 Å². The zero-order valence-corrected chi connectivity index (χ0v) is 14.0. The fourth-order valence-electron chi connectivity index (χ4n) is 2.67. The summed E-state index contributed by atoms with van der Waals surface area (Å²) in [6.07, 6.45) is 0. The third-order valence-electron chi connectivity index (χ3n) is 3.99. The lowest BCUT2D eigenvalue weighted by atomic mass is 10.2. The van der Waals surface area contributed by atoms with E-state index in [-0.39, 0.29) is 5.82 Å². The van der Waals surface area contributed by atoms with Crippen molar-refractivity contribution >= 4 is 23.0 Å². The summed E-state index contributed by atoms with van der Waals surface area (Å²) in [4.78, 5) is 11.4. The van der Waals surface area contributed by atoms with Gasteiger partial charge in [0.05, 0.1) is 6.54 Å². The van der Waals surface area contributed by atoms with E-state index < -0.39 is 0 Å². The van der Waals surface area contributed by atoms with Gasteiger partial charge in [0, 0.05) is 41.6 Å². The topological polar surface area (TPSA) is 44.9 Å². The standard InChI is InChI=1S/C17H21FN4S/c1-13-2-7-16(23-13)12-20-17(19)22-10-8-21(9-11-22)15-5-3-14(18)4-6-15/h2-7H,8-12H2,1H3,(H2,19,20). The number of aryl methyl sites for hydroxylation is 1. The summed E-state index contributed by atoms with van der Waals surface area (Å²) in [5.41, 5.74) is 7.17. The summed E-state index contributed by atoms with van der Waals surface area (Å²) in [5.74, 6) is 0.405. The number of aliphatic imine (C=N–C) groups is 1. The SMILES string of the molecule is Cc1ccc(CN=C(N)N2CCN(c3ccc(F)cc3)CC2)s1. The summed E-state index contributed by atoms with van der Waals surface area (Å²) >= 11 is 1.76. The predicted octanol–water partition coefficient (Wildman–Crippen LogP) is 2.83. The van der Waals surface area contributed by atoms with Gasteiger partial charge in [0.25, 0.3) is 0 Å². The molecule has 1 aliphatic rings. The van der Waals surface area contributed by atoms with Gasteiger partial charge in [-0.3, -0.25) is 0 Å². The molecule has 0 amide bonds. The van der Waals surface area contributed by atoms with E-state index in [1.807, 2.05) is 12.1 Å². The minimum Gasteiger partial charge on any atom is -0.370 e. The van der Waals surface area contributed by atoms with Gasteiger partial charge in [-0.15, -0.1) is 11.3 Å². The number of thiophene rings is 1. The third-order valence-corrected chi connectivity index (χ3v) is 4.97. The molecule has 1 fully saturated rings. The summed E-state index contributed by atoms with van der Waals surface area (Å²) in [5, 5.41) is 0. The monoisotopic (exact) mass is 332 g/mol. The van der Waals surface area contributed by atoms with Crippen LogP contribution in [-0.2, 0) is 6.54 Å². The highest BCUT2D eigenvalue weighted by Crippen LogP contribution is 2.18. The summed E-state index contributed by atoms with van der Waals surface area (Å²) in [6, 6.07) is 10.8. The molecule has 4 nitrogen and oxygen atoms in total. The van der Waals surface area contributed by atoms with Crippen molar-refractivity contribution in [2.75, 3.05) is 31.1 Å². The van der Waals surface area contributed by atoms with E-state index in [4.69, 9.17) is 5.73 Å². The summed E-state index contributed by atoms with van der Waals surface area (Å²) < 4.78 is 13.0. The molecule has 2 heterocycles. The Bertz CT molecular complexity index is 672. The van der Waals surface area contributed by atoms with E-state index in [0.717, 1.165) is 31.9 Å². The highest BCUT2D eigenvalue weighted by Gasteiger charge is 2.18. The number of halogens is 1. The molecule has 2 N–H and O–H groups in total. The van der Waals surface area contributed by atoms with E-state index in [9.17, 15) is 4.39 Å². The number of benzene rings is 1. The first-order valence-electron chi connectivity index (χ1n) is 7.72. The maximum atomic E-state index is 13.0. The molecule has 0 bridgehead atoms. The molecule has 6 heteroatoms. The number of rotatable bonds is 3. The molecular weight excluding hydrogens is 311 g/mol. The molecule has 0 spiro atoms.